The van der Waals surface area contributed by atoms with Crippen molar-refractivity contribution < 1.29 is 4.79 Å². The summed E-state index contributed by atoms with van der Waals surface area (Å²) in [4.78, 5) is 22.7. The van der Waals surface area contributed by atoms with E-state index in [1.54, 1.807) is 6.20 Å². The number of anilines is 2. The number of nitrogens with two attached hydrogens (primary N) is 1. The average molecular weight is 374 g/mol. The fraction of sp³-hybridized carbons (Fsp3) is 0.0952. The van der Waals surface area contributed by atoms with Gasteiger partial charge in [-0.25, -0.2) is 9.97 Å². The molecule has 6 heteroatoms. The lowest BCUT2D eigenvalue weighted by Crippen LogP contribution is -2.13. The van der Waals surface area contributed by atoms with Crippen molar-refractivity contribution in [2.24, 2.45) is 0 Å². The second-order valence-electron chi connectivity index (χ2n) is 6.43. The van der Waals surface area contributed by atoms with Gasteiger partial charge in [0.1, 0.15) is 15.5 Å². The van der Waals surface area contributed by atoms with Gasteiger partial charge in [0.25, 0.3) is 5.91 Å². The van der Waals surface area contributed by atoms with Gasteiger partial charge in [0.2, 0.25) is 0 Å². The van der Waals surface area contributed by atoms with Gasteiger partial charge >= 0.3 is 0 Å². The Bertz CT molecular complexity index is 1150. The van der Waals surface area contributed by atoms with Crippen molar-refractivity contribution in [2.75, 3.05) is 11.1 Å². The van der Waals surface area contributed by atoms with E-state index in [-0.39, 0.29) is 5.91 Å². The summed E-state index contributed by atoms with van der Waals surface area (Å²) in [6, 6.07) is 15.7. The molecule has 0 aliphatic rings. The Labute approximate surface area is 160 Å². The van der Waals surface area contributed by atoms with Crippen LogP contribution in [0.4, 0.5) is 11.5 Å². The number of pyridine rings is 2. The van der Waals surface area contributed by atoms with E-state index < -0.39 is 0 Å². The summed E-state index contributed by atoms with van der Waals surface area (Å²) in [5.74, 6) is 0.232. The number of nitrogens with zero attached hydrogens (tertiary/aromatic N) is 2. The molecule has 0 atom stereocenters. The normalized spacial score (nSPS) is 10.9. The van der Waals surface area contributed by atoms with Crippen LogP contribution >= 0.6 is 11.3 Å². The third-order valence-corrected chi connectivity index (χ3v) is 5.42. The van der Waals surface area contributed by atoms with Gasteiger partial charge in [0.05, 0.1) is 11.4 Å². The predicted molar refractivity (Wildman–Crippen MR) is 111 cm³/mol. The van der Waals surface area contributed by atoms with Crippen LogP contribution in [0.1, 0.15) is 20.8 Å². The minimum absolute atomic E-state index is 0.273. The molecule has 0 bridgehead atoms. The number of nitrogen functional groups attached to an aromatic ring is 1. The van der Waals surface area contributed by atoms with Crippen molar-refractivity contribution in [3.05, 3.63) is 70.7 Å². The number of aromatic nitrogens is 2. The maximum Gasteiger partial charge on any atom is 0.269 e. The van der Waals surface area contributed by atoms with Crippen molar-refractivity contribution >= 4 is 39.0 Å². The van der Waals surface area contributed by atoms with Crippen LogP contribution in [0.15, 0.2) is 54.7 Å². The zero-order chi connectivity index (χ0) is 19.0. The molecule has 0 fully saturated rings. The Hall–Kier alpha value is -3.25. The molecule has 134 valence electrons. The zero-order valence-corrected chi connectivity index (χ0v) is 15.8. The standard InChI is InChI=1S/C21H18N4OS/c1-12-3-5-14(6-4-12)16-8-7-15-18(22)19(27-21(15)24-16)20(26)25-17-11-13(2)9-10-23-17/h3-11H,22H2,1-2H3,(H,23,25,26). The van der Waals surface area contributed by atoms with Crippen LogP contribution < -0.4 is 11.1 Å². The number of aryl methyl sites for hydroxylation is 2. The molecule has 0 aliphatic heterocycles. The topological polar surface area (TPSA) is 80.9 Å². The van der Waals surface area contributed by atoms with Crippen molar-refractivity contribution in [3.63, 3.8) is 0 Å². The highest BCUT2D eigenvalue weighted by Crippen LogP contribution is 2.34. The summed E-state index contributed by atoms with van der Waals surface area (Å²) in [5, 5.41) is 3.60. The lowest BCUT2D eigenvalue weighted by Gasteiger charge is -2.04. The summed E-state index contributed by atoms with van der Waals surface area (Å²) >= 11 is 1.29. The summed E-state index contributed by atoms with van der Waals surface area (Å²) in [7, 11) is 0. The van der Waals surface area contributed by atoms with Gasteiger partial charge in [-0.1, -0.05) is 29.8 Å². The monoisotopic (exact) mass is 374 g/mol. The third-order valence-electron chi connectivity index (χ3n) is 4.30. The second-order valence-corrected chi connectivity index (χ2v) is 7.43. The predicted octanol–water partition coefficient (Wildman–Crippen LogP) is 4.81. The van der Waals surface area contributed by atoms with Gasteiger partial charge in [0, 0.05) is 17.1 Å². The molecule has 0 saturated carbocycles. The summed E-state index contributed by atoms with van der Waals surface area (Å²) in [6.07, 6.45) is 1.66. The van der Waals surface area contributed by atoms with Gasteiger partial charge in [-0.15, -0.1) is 11.3 Å². The van der Waals surface area contributed by atoms with Gasteiger partial charge in [-0.3, -0.25) is 4.79 Å². The molecule has 3 aromatic heterocycles. The first kappa shape index (κ1) is 17.2. The lowest BCUT2D eigenvalue weighted by molar-refractivity contribution is 0.103. The maximum absolute atomic E-state index is 12.7. The van der Waals surface area contributed by atoms with Crippen LogP contribution in [0.5, 0.6) is 0 Å². The number of nitrogens with one attached hydrogen (secondary N) is 1. The third kappa shape index (κ3) is 3.39. The van der Waals surface area contributed by atoms with Crippen molar-refractivity contribution in [2.45, 2.75) is 13.8 Å². The van der Waals surface area contributed by atoms with Crippen molar-refractivity contribution in [1.29, 1.82) is 0 Å². The van der Waals surface area contributed by atoms with E-state index in [1.165, 1.54) is 16.9 Å². The number of carbonyl (C=O) groups is 1. The van der Waals surface area contributed by atoms with E-state index >= 15 is 0 Å². The average Bonchev–Trinajstić information content (AvgIpc) is 2.99. The molecule has 3 heterocycles. The number of rotatable bonds is 3. The van der Waals surface area contributed by atoms with Crippen LogP contribution in [-0.2, 0) is 0 Å². The molecule has 1 amide bonds. The Morgan fingerprint density at radius 1 is 1.04 bits per heavy atom. The van der Waals surface area contributed by atoms with Gasteiger partial charge in [0.15, 0.2) is 0 Å². The molecule has 0 saturated heterocycles. The number of amides is 1. The van der Waals surface area contributed by atoms with Crippen molar-refractivity contribution in [1.82, 2.24) is 9.97 Å². The fourth-order valence-corrected chi connectivity index (χ4v) is 3.82. The first-order chi connectivity index (χ1) is 13.0. The SMILES string of the molecule is Cc1ccc(-c2ccc3c(N)c(C(=O)Nc4cc(C)ccn4)sc3n2)cc1. The Morgan fingerprint density at radius 2 is 1.81 bits per heavy atom. The molecule has 4 rings (SSSR count). The molecule has 27 heavy (non-hydrogen) atoms. The van der Waals surface area contributed by atoms with Crippen LogP contribution in [0.2, 0.25) is 0 Å². The maximum atomic E-state index is 12.7. The number of hydrogen-bond donors (Lipinski definition) is 2. The number of carbonyl (C=O) groups excluding carboxylic acids is 1. The quantitative estimate of drug-likeness (QED) is 0.539. The number of hydrogen-bond acceptors (Lipinski definition) is 5. The Morgan fingerprint density at radius 3 is 2.56 bits per heavy atom. The molecular formula is C21H18N4OS. The second kappa shape index (κ2) is 6.81. The molecular weight excluding hydrogens is 356 g/mol. The molecule has 5 nitrogen and oxygen atoms in total. The van der Waals surface area contributed by atoms with Crippen LogP contribution in [-0.4, -0.2) is 15.9 Å². The highest BCUT2D eigenvalue weighted by Gasteiger charge is 2.18. The zero-order valence-electron chi connectivity index (χ0n) is 15.0. The summed E-state index contributed by atoms with van der Waals surface area (Å²) < 4.78 is 0. The first-order valence-corrected chi connectivity index (χ1v) is 9.33. The Kier molecular flexibility index (Phi) is 4.33. The van der Waals surface area contributed by atoms with E-state index in [4.69, 9.17) is 10.7 Å². The van der Waals surface area contributed by atoms with Crippen LogP contribution in [0.3, 0.4) is 0 Å². The summed E-state index contributed by atoms with van der Waals surface area (Å²) in [5.41, 5.74) is 10.8. The number of benzene rings is 1. The molecule has 0 aliphatic carbocycles. The van der Waals surface area contributed by atoms with E-state index in [0.717, 1.165) is 27.0 Å². The molecule has 0 radical (unpaired) electrons. The molecule has 1 aromatic carbocycles. The highest BCUT2D eigenvalue weighted by molar-refractivity contribution is 7.21. The number of thiophene rings is 1. The smallest absolute Gasteiger partial charge is 0.269 e. The van der Waals surface area contributed by atoms with E-state index in [1.807, 2.05) is 50.2 Å². The van der Waals surface area contributed by atoms with Crippen LogP contribution in [0, 0.1) is 13.8 Å². The largest absolute Gasteiger partial charge is 0.397 e. The van der Waals surface area contributed by atoms with Gasteiger partial charge in [-0.2, -0.15) is 0 Å². The van der Waals surface area contributed by atoms with E-state index in [9.17, 15) is 4.79 Å². The molecule has 4 aromatic rings. The first-order valence-electron chi connectivity index (χ1n) is 8.51. The van der Waals surface area contributed by atoms with Crippen molar-refractivity contribution in [3.8, 4) is 11.3 Å². The number of fused-ring (bicyclic) bond motifs is 1. The summed E-state index contributed by atoms with van der Waals surface area (Å²) in [6.45, 7) is 4.00. The molecule has 3 N–H and O–H groups in total. The van der Waals surface area contributed by atoms with E-state index in [2.05, 4.69) is 22.4 Å². The highest BCUT2D eigenvalue weighted by atomic mass is 32.1. The Balaban J connectivity index is 1.68. The van der Waals surface area contributed by atoms with E-state index in [0.29, 0.717) is 16.4 Å². The van der Waals surface area contributed by atoms with Gasteiger partial charge in [-0.05, 0) is 43.7 Å². The van der Waals surface area contributed by atoms with Crippen LogP contribution in [0.25, 0.3) is 21.5 Å². The minimum atomic E-state index is -0.273. The lowest BCUT2D eigenvalue weighted by atomic mass is 10.1. The molecule has 0 unspecified atom stereocenters. The van der Waals surface area contributed by atoms with Gasteiger partial charge < -0.3 is 11.1 Å². The molecule has 0 spiro atoms. The minimum Gasteiger partial charge on any atom is -0.397 e. The fourth-order valence-electron chi connectivity index (χ4n) is 2.83.